The summed E-state index contributed by atoms with van der Waals surface area (Å²) >= 11 is 0. The van der Waals surface area contributed by atoms with Gasteiger partial charge in [-0.15, -0.1) is 0 Å². The Morgan fingerprint density at radius 1 is 0.300 bits per heavy atom. The van der Waals surface area contributed by atoms with Crippen molar-refractivity contribution in [3.05, 3.63) is 165 Å². The molecule has 0 saturated carbocycles. The van der Waals surface area contributed by atoms with E-state index in [2.05, 4.69) is 57.4 Å². The number of aromatic nitrogens is 7. The zero-order valence-corrected chi connectivity index (χ0v) is 26.7. The van der Waals surface area contributed by atoms with E-state index in [0.29, 0.717) is 11.6 Å². The monoisotopic (exact) mass is 641 g/mol. The fourth-order valence-electron chi connectivity index (χ4n) is 6.26. The van der Waals surface area contributed by atoms with E-state index in [1.807, 2.05) is 97.3 Å². The molecule has 0 radical (unpaired) electrons. The largest absolute Gasteiger partial charge is 0.265 e. The van der Waals surface area contributed by atoms with Gasteiger partial charge < -0.3 is 0 Å². The van der Waals surface area contributed by atoms with Crippen LogP contribution in [0.3, 0.4) is 0 Å². The van der Waals surface area contributed by atoms with E-state index in [4.69, 9.17) is 19.9 Å². The molecule has 0 fully saturated rings. The summed E-state index contributed by atoms with van der Waals surface area (Å²) in [5.41, 5.74) is 11.4. The third-order valence-electron chi connectivity index (χ3n) is 8.77. The Kier molecular flexibility index (Phi) is 7.33. The van der Waals surface area contributed by atoms with Crippen LogP contribution < -0.4 is 0 Å². The molecule has 4 aromatic carbocycles. The minimum atomic E-state index is 0.684. The van der Waals surface area contributed by atoms with Crippen molar-refractivity contribution >= 4 is 21.8 Å². The summed E-state index contributed by atoms with van der Waals surface area (Å²) in [6.07, 6.45) is 11.0. The minimum Gasteiger partial charge on any atom is -0.265 e. The van der Waals surface area contributed by atoms with Crippen LogP contribution in [0.2, 0.25) is 0 Å². The highest BCUT2D eigenvalue weighted by Crippen LogP contribution is 2.35. The number of hydrogen-bond donors (Lipinski definition) is 0. The molecule has 7 nitrogen and oxygen atoms in total. The SMILES string of the molecule is c1ccc(-c2nc(-c3ccncc3)c3cc(-c4cncc(-c5ccc6nc(-c7ccccc7)nc(-c7ccncc7)c6c5)c4)ccc3n2)cc1. The quantitative estimate of drug-likeness (QED) is 0.179. The smallest absolute Gasteiger partial charge is 0.160 e. The molecule has 0 aliphatic heterocycles. The number of hydrogen-bond acceptors (Lipinski definition) is 7. The number of fused-ring (bicyclic) bond motifs is 2. The molecule has 0 aliphatic rings. The molecule has 0 amide bonds. The summed E-state index contributed by atoms with van der Waals surface area (Å²) in [4.78, 5) is 33.2. The Morgan fingerprint density at radius 3 is 1.18 bits per heavy atom. The third-order valence-corrected chi connectivity index (χ3v) is 8.77. The van der Waals surface area contributed by atoms with Gasteiger partial charge in [0.2, 0.25) is 0 Å². The molecule has 0 aliphatic carbocycles. The molecule has 9 aromatic rings. The number of nitrogens with zero attached hydrogens (tertiary/aromatic N) is 7. The van der Waals surface area contributed by atoms with E-state index in [9.17, 15) is 0 Å². The average Bonchev–Trinajstić information content (AvgIpc) is 3.21. The van der Waals surface area contributed by atoms with Gasteiger partial charge in [-0.25, -0.2) is 19.9 Å². The standard InChI is InChI=1S/C43H27N7/c1-3-7-30(8-4-1)42-47-38-13-11-32(24-36(38)40(49-42)28-15-19-44-20-16-28)34-23-35(27-46-26-34)33-12-14-39-37(25-33)41(29-17-21-45-22-18-29)50-43(48-39)31-9-5-2-6-10-31/h1-27H. The molecule has 0 N–H and O–H groups in total. The molecule has 0 spiro atoms. The van der Waals surface area contributed by atoms with Gasteiger partial charge in [-0.05, 0) is 65.7 Å². The molecule has 0 unspecified atom stereocenters. The van der Waals surface area contributed by atoms with Crippen molar-refractivity contribution in [3.63, 3.8) is 0 Å². The Morgan fingerprint density at radius 2 is 0.740 bits per heavy atom. The minimum absolute atomic E-state index is 0.684. The first-order valence-electron chi connectivity index (χ1n) is 16.3. The van der Waals surface area contributed by atoms with E-state index in [-0.39, 0.29) is 0 Å². The molecule has 0 atom stereocenters. The lowest BCUT2D eigenvalue weighted by atomic mass is 9.97. The maximum Gasteiger partial charge on any atom is 0.160 e. The van der Waals surface area contributed by atoms with Crippen molar-refractivity contribution in [2.75, 3.05) is 0 Å². The van der Waals surface area contributed by atoms with E-state index in [1.54, 1.807) is 24.8 Å². The molecule has 5 heterocycles. The van der Waals surface area contributed by atoms with Crippen molar-refractivity contribution in [2.24, 2.45) is 0 Å². The summed E-state index contributed by atoms with van der Waals surface area (Å²) in [6.45, 7) is 0. The van der Waals surface area contributed by atoms with E-state index < -0.39 is 0 Å². The first kappa shape index (κ1) is 29.2. The molecule has 0 saturated heterocycles. The Labute approximate surface area is 288 Å². The number of rotatable bonds is 6. The van der Waals surface area contributed by atoms with Crippen molar-refractivity contribution in [1.29, 1.82) is 0 Å². The highest BCUT2D eigenvalue weighted by Gasteiger charge is 2.15. The van der Waals surface area contributed by atoms with Crippen molar-refractivity contribution in [1.82, 2.24) is 34.9 Å². The van der Waals surface area contributed by atoms with Gasteiger partial charge in [0.15, 0.2) is 11.6 Å². The predicted octanol–water partition coefficient (Wildman–Crippen LogP) is 9.76. The van der Waals surface area contributed by atoms with Crippen molar-refractivity contribution < 1.29 is 0 Å². The fraction of sp³-hybridized carbons (Fsp3) is 0. The zero-order chi connectivity index (χ0) is 33.3. The average molecular weight is 642 g/mol. The van der Waals surface area contributed by atoms with Crippen LogP contribution in [-0.4, -0.2) is 34.9 Å². The van der Waals surface area contributed by atoms with Gasteiger partial charge in [-0.1, -0.05) is 72.8 Å². The molecular formula is C43H27N7. The molecule has 5 aromatic heterocycles. The van der Waals surface area contributed by atoms with Gasteiger partial charge in [-0.2, -0.15) is 0 Å². The van der Waals surface area contributed by atoms with Gasteiger partial charge in [-0.3, -0.25) is 15.0 Å². The third kappa shape index (κ3) is 5.52. The second kappa shape index (κ2) is 12.6. The summed E-state index contributed by atoms with van der Waals surface area (Å²) < 4.78 is 0. The molecule has 9 rings (SSSR count). The lowest BCUT2D eigenvalue weighted by Gasteiger charge is -2.12. The van der Waals surface area contributed by atoms with Crippen LogP contribution in [0.4, 0.5) is 0 Å². The fourth-order valence-corrected chi connectivity index (χ4v) is 6.26. The predicted molar refractivity (Wildman–Crippen MR) is 199 cm³/mol. The maximum atomic E-state index is 5.06. The van der Waals surface area contributed by atoms with Crippen molar-refractivity contribution in [3.8, 4) is 67.5 Å². The summed E-state index contributed by atoms with van der Waals surface area (Å²) in [7, 11) is 0. The second-order valence-electron chi connectivity index (χ2n) is 11.9. The van der Waals surface area contributed by atoms with Gasteiger partial charge in [0, 0.05) is 81.3 Å². The van der Waals surface area contributed by atoms with Gasteiger partial charge in [0.25, 0.3) is 0 Å². The van der Waals surface area contributed by atoms with Crippen LogP contribution in [0.5, 0.6) is 0 Å². The van der Waals surface area contributed by atoms with Crippen LogP contribution >= 0.6 is 0 Å². The van der Waals surface area contributed by atoms with Crippen LogP contribution in [0, 0.1) is 0 Å². The Bertz CT molecular complexity index is 2450. The van der Waals surface area contributed by atoms with Gasteiger partial charge in [0.1, 0.15) is 0 Å². The van der Waals surface area contributed by atoms with E-state index in [0.717, 1.165) is 77.7 Å². The Balaban J connectivity index is 1.15. The summed E-state index contributed by atoms with van der Waals surface area (Å²) in [6, 6.07) is 42.9. The normalized spacial score (nSPS) is 11.2. The number of benzene rings is 4. The highest BCUT2D eigenvalue weighted by atomic mass is 14.9. The highest BCUT2D eigenvalue weighted by molar-refractivity contribution is 5.98. The molecular weight excluding hydrogens is 615 g/mol. The topological polar surface area (TPSA) is 90.2 Å². The molecule has 7 heteroatoms. The first-order chi connectivity index (χ1) is 24.8. The van der Waals surface area contributed by atoms with Crippen LogP contribution in [0.25, 0.3) is 89.4 Å². The number of pyridine rings is 3. The van der Waals surface area contributed by atoms with Crippen LogP contribution in [0.15, 0.2) is 165 Å². The molecule has 234 valence electrons. The summed E-state index contributed by atoms with van der Waals surface area (Å²) in [5.74, 6) is 1.37. The van der Waals surface area contributed by atoms with Gasteiger partial charge in [0.05, 0.1) is 22.4 Å². The van der Waals surface area contributed by atoms with Crippen LogP contribution in [-0.2, 0) is 0 Å². The van der Waals surface area contributed by atoms with Crippen LogP contribution in [0.1, 0.15) is 0 Å². The first-order valence-corrected chi connectivity index (χ1v) is 16.3. The van der Waals surface area contributed by atoms with E-state index in [1.165, 1.54) is 0 Å². The van der Waals surface area contributed by atoms with Gasteiger partial charge >= 0.3 is 0 Å². The molecule has 0 bridgehead atoms. The maximum absolute atomic E-state index is 5.06. The lowest BCUT2D eigenvalue weighted by molar-refractivity contribution is 1.22. The lowest BCUT2D eigenvalue weighted by Crippen LogP contribution is -1.96. The Hall–Kier alpha value is -6.99. The van der Waals surface area contributed by atoms with Crippen molar-refractivity contribution in [2.45, 2.75) is 0 Å². The second-order valence-corrected chi connectivity index (χ2v) is 11.9. The molecule has 50 heavy (non-hydrogen) atoms. The zero-order valence-electron chi connectivity index (χ0n) is 26.7. The summed E-state index contributed by atoms with van der Waals surface area (Å²) in [5, 5.41) is 1.91. The van der Waals surface area contributed by atoms with E-state index >= 15 is 0 Å².